The molecule has 1 saturated heterocycles. The number of hydrogen-bond donors (Lipinski definition) is 1. The predicted octanol–water partition coefficient (Wildman–Crippen LogP) is 2.39. The second-order valence-electron chi connectivity index (χ2n) is 5.12. The van der Waals surface area contributed by atoms with Gasteiger partial charge in [-0.1, -0.05) is 18.2 Å². The first-order chi connectivity index (χ1) is 9.52. The van der Waals surface area contributed by atoms with Crippen LogP contribution in [0.1, 0.15) is 37.7 Å². The lowest BCUT2D eigenvalue weighted by molar-refractivity contribution is -0.152. The summed E-state index contributed by atoms with van der Waals surface area (Å²) in [5.74, 6) is -2.41. The Balaban J connectivity index is 2.21. The van der Waals surface area contributed by atoms with Crippen molar-refractivity contribution in [1.82, 2.24) is 4.90 Å². The molecule has 4 nitrogen and oxygen atoms in total. The van der Waals surface area contributed by atoms with Crippen LogP contribution >= 0.6 is 0 Å². The summed E-state index contributed by atoms with van der Waals surface area (Å²) < 4.78 is 13.7. The van der Waals surface area contributed by atoms with Gasteiger partial charge in [-0.15, -0.1) is 0 Å². The summed E-state index contributed by atoms with van der Waals surface area (Å²) >= 11 is 0. The molecule has 0 saturated carbocycles. The number of amides is 1. The number of likely N-dealkylation sites (tertiary alicyclic amines) is 1. The fraction of sp³-hybridized carbons (Fsp3) is 0.467. The van der Waals surface area contributed by atoms with E-state index in [-0.39, 0.29) is 5.91 Å². The summed E-state index contributed by atoms with van der Waals surface area (Å²) in [6.07, 6.45) is 2.05. The number of carboxylic acids is 1. The smallest absolute Gasteiger partial charge is 0.326 e. The van der Waals surface area contributed by atoms with Gasteiger partial charge in [0.25, 0.3) is 0 Å². The minimum atomic E-state index is -0.987. The van der Waals surface area contributed by atoms with Crippen LogP contribution in [0, 0.1) is 5.82 Å². The van der Waals surface area contributed by atoms with E-state index >= 15 is 0 Å². The first-order valence-electron chi connectivity index (χ1n) is 6.80. The average Bonchev–Trinajstić information content (AvgIpc) is 2.46. The third-order valence-electron chi connectivity index (χ3n) is 3.81. The standard InChI is InChI=1S/C15H18FNO3/c1-10(11-6-2-3-7-12(11)16)14(18)17-9-5-4-8-13(17)15(19)20/h2-3,6-7,10,13H,4-5,8-9H2,1H3,(H,19,20)/t10-,13+/m0/s1. The number of hydrogen-bond acceptors (Lipinski definition) is 2. The Kier molecular flexibility index (Phi) is 4.37. The number of benzene rings is 1. The molecule has 0 spiro atoms. The largest absolute Gasteiger partial charge is 0.480 e. The molecule has 1 heterocycles. The maximum Gasteiger partial charge on any atom is 0.326 e. The summed E-state index contributed by atoms with van der Waals surface area (Å²) in [5, 5.41) is 9.20. The zero-order chi connectivity index (χ0) is 14.7. The van der Waals surface area contributed by atoms with Crippen LogP contribution in [0.15, 0.2) is 24.3 Å². The summed E-state index contributed by atoms with van der Waals surface area (Å²) in [6, 6.07) is 5.33. The maximum absolute atomic E-state index is 13.7. The molecule has 0 unspecified atom stereocenters. The van der Waals surface area contributed by atoms with Gasteiger partial charge < -0.3 is 10.0 Å². The molecule has 2 rings (SSSR count). The van der Waals surface area contributed by atoms with Gasteiger partial charge in [0.05, 0.1) is 5.92 Å². The van der Waals surface area contributed by atoms with Crippen molar-refractivity contribution in [3.63, 3.8) is 0 Å². The Labute approximate surface area is 117 Å². The number of carbonyl (C=O) groups excluding carboxylic acids is 1. The van der Waals surface area contributed by atoms with E-state index in [1.807, 2.05) is 0 Å². The number of aliphatic carboxylic acids is 1. The number of rotatable bonds is 3. The molecule has 1 amide bonds. The monoisotopic (exact) mass is 279 g/mol. The molecule has 2 atom stereocenters. The van der Waals surface area contributed by atoms with E-state index in [4.69, 9.17) is 0 Å². The third-order valence-corrected chi connectivity index (χ3v) is 3.81. The molecule has 5 heteroatoms. The predicted molar refractivity (Wildman–Crippen MR) is 71.8 cm³/mol. The normalized spacial score (nSPS) is 20.5. The summed E-state index contributed by atoms with van der Waals surface area (Å²) in [6.45, 7) is 2.04. The van der Waals surface area contributed by atoms with Crippen molar-refractivity contribution in [1.29, 1.82) is 0 Å². The van der Waals surface area contributed by atoms with Crippen LogP contribution in [0.3, 0.4) is 0 Å². The van der Waals surface area contributed by atoms with Crippen LogP contribution in [0.25, 0.3) is 0 Å². The SMILES string of the molecule is C[C@H](C(=O)N1CCCC[C@@H]1C(=O)O)c1ccccc1F. The Morgan fingerprint density at radius 3 is 2.70 bits per heavy atom. The summed E-state index contributed by atoms with van der Waals surface area (Å²) in [5.41, 5.74) is 0.312. The number of piperidine rings is 1. The average molecular weight is 279 g/mol. The van der Waals surface area contributed by atoms with Gasteiger partial charge in [-0.2, -0.15) is 0 Å². The maximum atomic E-state index is 13.7. The molecule has 0 aromatic heterocycles. The van der Waals surface area contributed by atoms with Crippen molar-refractivity contribution < 1.29 is 19.1 Å². The molecule has 1 aromatic rings. The molecule has 1 N–H and O–H groups in total. The molecule has 1 aliphatic heterocycles. The van der Waals surface area contributed by atoms with Gasteiger partial charge in [0.2, 0.25) is 5.91 Å². The summed E-state index contributed by atoms with van der Waals surface area (Å²) in [4.78, 5) is 25.1. The van der Waals surface area contributed by atoms with E-state index in [0.717, 1.165) is 12.8 Å². The molecule has 108 valence electrons. The topological polar surface area (TPSA) is 57.6 Å². The third kappa shape index (κ3) is 2.81. The van der Waals surface area contributed by atoms with Crippen LogP contribution in [0.5, 0.6) is 0 Å². The minimum Gasteiger partial charge on any atom is -0.480 e. The molecule has 1 aliphatic rings. The molecule has 0 bridgehead atoms. The van der Waals surface area contributed by atoms with E-state index in [0.29, 0.717) is 18.5 Å². The van der Waals surface area contributed by atoms with Gasteiger partial charge in [0, 0.05) is 6.54 Å². The molecule has 0 aliphatic carbocycles. The quantitative estimate of drug-likeness (QED) is 0.924. The number of halogens is 1. The summed E-state index contributed by atoms with van der Waals surface area (Å²) in [7, 11) is 0. The van der Waals surface area contributed by atoms with E-state index in [1.54, 1.807) is 25.1 Å². The van der Waals surface area contributed by atoms with Crippen LogP contribution in [0.2, 0.25) is 0 Å². The van der Waals surface area contributed by atoms with Gasteiger partial charge in [-0.05, 0) is 37.8 Å². The fourth-order valence-corrected chi connectivity index (χ4v) is 2.66. The highest BCUT2D eigenvalue weighted by Gasteiger charge is 2.34. The Hall–Kier alpha value is -1.91. The molecule has 0 radical (unpaired) electrons. The van der Waals surface area contributed by atoms with Crippen molar-refractivity contribution in [2.24, 2.45) is 0 Å². The second-order valence-corrected chi connectivity index (χ2v) is 5.12. The molecular weight excluding hydrogens is 261 g/mol. The number of carboxylic acid groups (broad SMARTS) is 1. The van der Waals surface area contributed by atoms with Gasteiger partial charge in [-0.3, -0.25) is 4.79 Å². The van der Waals surface area contributed by atoms with Gasteiger partial charge >= 0.3 is 5.97 Å². The second kappa shape index (κ2) is 6.03. The Morgan fingerprint density at radius 1 is 1.35 bits per heavy atom. The van der Waals surface area contributed by atoms with Crippen molar-refractivity contribution in [2.45, 2.75) is 38.1 Å². The minimum absolute atomic E-state index is 0.312. The first kappa shape index (κ1) is 14.5. The highest BCUT2D eigenvalue weighted by molar-refractivity contribution is 5.88. The van der Waals surface area contributed by atoms with Crippen LogP contribution in [-0.4, -0.2) is 34.5 Å². The van der Waals surface area contributed by atoms with Gasteiger partial charge in [-0.25, -0.2) is 9.18 Å². The van der Waals surface area contributed by atoms with E-state index in [1.165, 1.54) is 11.0 Å². The number of carbonyl (C=O) groups is 2. The van der Waals surface area contributed by atoms with Crippen LogP contribution in [0.4, 0.5) is 4.39 Å². The molecule has 1 fully saturated rings. The van der Waals surface area contributed by atoms with Crippen LogP contribution in [-0.2, 0) is 9.59 Å². The van der Waals surface area contributed by atoms with E-state index in [9.17, 15) is 19.1 Å². The Bertz CT molecular complexity index is 518. The molecule has 20 heavy (non-hydrogen) atoms. The zero-order valence-corrected chi connectivity index (χ0v) is 11.4. The molecule has 1 aromatic carbocycles. The Morgan fingerprint density at radius 2 is 2.05 bits per heavy atom. The number of nitrogens with zero attached hydrogens (tertiary/aromatic N) is 1. The van der Waals surface area contributed by atoms with Crippen molar-refractivity contribution in [2.75, 3.05) is 6.54 Å². The van der Waals surface area contributed by atoms with E-state index < -0.39 is 23.7 Å². The zero-order valence-electron chi connectivity index (χ0n) is 11.4. The highest BCUT2D eigenvalue weighted by atomic mass is 19.1. The highest BCUT2D eigenvalue weighted by Crippen LogP contribution is 2.25. The van der Waals surface area contributed by atoms with Gasteiger partial charge in [0.1, 0.15) is 11.9 Å². The lowest BCUT2D eigenvalue weighted by atomic mass is 9.95. The lowest BCUT2D eigenvalue weighted by Gasteiger charge is -2.34. The van der Waals surface area contributed by atoms with Crippen molar-refractivity contribution >= 4 is 11.9 Å². The first-order valence-corrected chi connectivity index (χ1v) is 6.80. The molecular formula is C15H18FNO3. The fourth-order valence-electron chi connectivity index (χ4n) is 2.66. The van der Waals surface area contributed by atoms with Crippen molar-refractivity contribution in [3.8, 4) is 0 Å². The van der Waals surface area contributed by atoms with Gasteiger partial charge in [0.15, 0.2) is 0 Å². The van der Waals surface area contributed by atoms with E-state index in [2.05, 4.69) is 0 Å². The van der Waals surface area contributed by atoms with Crippen LogP contribution < -0.4 is 0 Å². The van der Waals surface area contributed by atoms with Crippen molar-refractivity contribution in [3.05, 3.63) is 35.6 Å². The lowest BCUT2D eigenvalue weighted by Crippen LogP contribution is -2.49.